The maximum atomic E-state index is 10.7. The number of carboxylic acid groups (broad SMARTS) is 1. The molecule has 0 bridgehead atoms. The first kappa shape index (κ1) is 10.6. The van der Waals surface area contributed by atoms with Crippen LogP contribution in [-0.4, -0.2) is 24.2 Å². The predicted octanol–water partition coefficient (Wildman–Crippen LogP) is 2.38. The minimum atomic E-state index is -1.04. The van der Waals surface area contributed by atoms with Crippen LogP contribution in [0.25, 0.3) is 0 Å². The van der Waals surface area contributed by atoms with E-state index in [4.69, 9.17) is 5.11 Å². The van der Waals surface area contributed by atoms with Gasteiger partial charge in [-0.3, -0.25) is 0 Å². The molecule has 0 radical (unpaired) electrons. The summed E-state index contributed by atoms with van der Waals surface area (Å²) in [5.41, 5.74) is 1.04. The Hall–Kier alpha value is -1.91. The van der Waals surface area contributed by atoms with Crippen molar-refractivity contribution in [1.82, 2.24) is 0 Å². The Labute approximate surface area is 92.7 Å². The Morgan fingerprint density at radius 2 is 2.00 bits per heavy atom. The van der Waals surface area contributed by atoms with Crippen molar-refractivity contribution >= 4 is 17.3 Å². The molecule has 1 heterocycles. The molecule has 0 saturated carbocycles. The van der Waals surface area contributed by atoms with Crippen molar-refractivity contribution in [2.24, 2.45) is 5.18 Å². The minimum absolute atomic E-state index is 0.0950. The number of hydrogen-bond donors (Lipinski definition) is 1. The van der Waals surface area contributed by atoms with Crippen molar-refractivity contribution < 1.29 is 9.90 Å². The smallest absolute Gasteiger partial charge is 0.335 e. The zero-order chi connectivity index (χ0) is 11.5. The monoisotopic (exact) mass is 220 g/mol. The van der Waals surface area contributed by atoms with E-state index in [-0.39, 0.29) is 11.3 Å². The van der Waals surface area contributed by atoms with Crippen molar-refractivity contribution in [2.45, 2.75) is 12.8 Å². The van der Waals surface area contributed by atoms with E-state index < -0.39 is 5.97 Å². The fraction of sp³-hybridized carbons (Fsp3) is 0.364. The molecule has 0 aromatic heterocycles. The zero-order valence-electron chi connectivity index (χ0n) is 8.72. The van der Waals surface area contributed by atoms with Crippen LogP contribution in [0, 0.1) is 4.91 Å². The van der Waals surface area contributed by atoms with Crippen LogP contribution in [0.2, 0.25) is 0 Å². The standard InChI is InChI=1S/C11H12N2O3/c14-11(15)8-3-4-10(9(7-8)12-16)13-5-1-2-6-13/h3-4,7H,1-2,5-6H2,(H,14,15). The van der Waals surface area contributed by atoms with Gasteiger partial charge in [-0.25, -0.2) is 4.79 Å². The van der Waals surface area contributed by atoms with Crippen LogP contribution in [0.5, 0.6) is 0 Å². The highest BCUT2D eigenvalue weighted by Gasteiger charge is 2.17. The molecule has 0 unspecified atom stereocenters. The first-order valence-electron chi connectivity index (χ1n) is 5.18. The molecule has 0 aliphatic carbocycles. The molecule has 16 heavy (non-hydrogen) atoms. The lowest BCUT2D eigenvalue weighted by Crippen LogP contribution is -2.17. The van der Waals surface area contributed by atoms with Crippen molar-refractivity contribution in [3.63, 3.8) is 0 Å². The Kier molecular flexibility index (Phi) is 2.85. The first-order valence-corrected chi connectivity index (χ1v) is 5.18. The maximum absolute atomic E-state index is 10.7. The van der Waals surface area contributed by atoms with Crippen LogP contribution in [0.15, 0.2) is 23.4 Å². The molecule has 0 spiro atoms. The molecule has 1 aromatic rings. The average Bonchev–Trinajstić information content (AvgIpc) is 2.81. The molecule has 1 aliphatic rings. The molecule has 2 rings (SSSR count). The number of carbonyl (C=O) groups is 1. The van der Waals surface area contributed by atoms with E-state index in [9.17, 15) is 9.70 Å². The third kappa shape index (κ3) is 1.88. The van der Waals surface area contributed by atoms with Crippen LogP contribution in [0.3, 0.4) is 0 Å². The number of benzene rings is 1. The molecular weight excluding hydrogens is 208 g/mol. The number of rotatable bonds is 3. The SMILES string of the molecule is O=Nc1cc(C(=O)O)ccc1N1CCCC1. The van der Waals surface area contributed by atoms with Crippen LogP contribution < -0.4 is 4.90 Å². The van der Waals surface area contributed by atoms with Crippen LogP contribution >= 0.6 is 0 Å². The maximum Gasteiger partial charge on any atom is 0.335 e. The van der Waals surface area contributed by atoms with E-state index in [1.165, 1.54) is 12.1 Å². The molecule has 5 nitrogen and oxygen atoms in total. The van der Waals surface area contributed by atoms with E-state index in [0.29, 0.717) is 0 Å². The lowest BCUT2D eigenvalue weighted by molar-refractivity contribution is 0.0697. The summed E-state index contributed by atoms with van der Waals surface area (Å²) in [4.78, 5) is 23.5. The van der Waals surface area contributed by atoms with E-state index in [1.807, 2.05) is 0 Å². The molecule has 1 aromatic carbocycles. The number of anilines is 1. The molecule has 1 fully saturated rings. The first-order chi connectivity index (χ1) is 7.72. The largest absolute Gasteiger partial charge is 0.478 e. The fourth-order valence-corrected chi connectivity index (χ4v) is 1.96. The van der Waals surface area contributed by atoms with Gasteiger partial charge in [0.2, 0.25) is 0 Å². The van der Waals surface area contributed by atoms with E-state index >= 15 is 0 Å². The summed E-state index contributed by atoms with van der Waals surface area (Å²) in [6.45, 7) is 1.80. The molecule has 0 amide bonds. The van der Waals surface area contributed by atoms with E-state index in [1.54, 1.807) is 6.07 Å². The fourth-order valence-electron chi connectivity index (χ4n) is 1.96. The number of hydrogen-bond acceptors (Lipinski definition) is 4. The second-order valence-electron chi connectivity index (χ2n) is 3.79. The van der Waals surface area contributed by atoms with Crippen molar-refractivity contribution in [3.8, 4) is 0 Å². The second-order valence-corrected chi connectivity index (χ2v) is 3.79. The van der Waals surface area contributed by atoms with Gasteiger partial charge in [0, 0.05) is 13.1 Å². The molecule has 0 atom stereocenters. The predicted molar refractivity (Wildman–Crippen MR) is 60.3 cm³/mol. The number of aromatic carboxylic acids is 1. The van der Waals surface area contributed by atoms with Crippen LogP contribution in [0.4, 0.5) is 11.4 Å². The average molecular weight is 220 g/mol. The minimum Gasteiger partial charge on any atom is -0.478 e. The summed E-state index contributed by atoms with van der Waals surface area (Å²) in [5, 5.41) is 11.7. The number of nitrogens with zero attached hydrogens (tertiary/aromatic N) is 2. The Bertz CT molecular complexity index is 425. The Balaban J connectivity index is 2.38. The highest BCUT2D eigenvalue weighted by molar-refractivity contribution is 5.90. The number of nitroso groups, excluding NO2 is 1. The topological polar surface area (TPSA) is 70.0 Å². The highest BCUT2D eigenvalue weighted by Crippen LogP contribution is 2.31. The van der Waals surface area contributed by atoms with E-state index in [2.05, 4.69) is 10.1 Å². The highest BCUT2D eigenvalue weighted by atomic mass is 16.4. The number of carboxylic acids is 1. The molecule has 84 valence electrons. The Morgan fingerprint density at radius 1 is 1.31 bits per heavy atom. The van der Waals surface area contributed by atoms with Gasteiger partial charge in [0.1, 0.15) is 5.69 Å². The lowest BCUT2D eigenvalue weighted by atomic mass is 10.1. The van der Waals surface area contributed by atoms with Gasteiger partial charge in [0.05, 0.1) is 11.3 Å². The second kappa shape index (κ2) is 4.30. The van der Waals surface area contributed by atoms with Gasteiger partial charge in [0.25, 0.3) is 0 Å². The summed E-state index contributed by atoms with van der Waals surface area (Å²) in [6, 6.07) is 4.49. The van der Waals surface area contributed by atoms with Gasteiger partial charge in [-0.2, -0.15) is 0 Å². The third-order valence-electron chi connectivity index (χ3n) is 2.77. The van der Waals surface area contributed by atoms with Crippen LogP contribution in [-0.2, 0) is 0 Å². The molecule has 5 heteroatoms. The molecule has 1 aliphatic heterocycles. The van der Waals surface area contributed by atoms with Gasteiger partial charge in [0.15, 0.2) is 0 Å². The summed E-state index contributed by atoms with van der Waals surface area (Å²) in [6.07, 6.45) is 2.19. The summed E-state index contributed by atoms with van der Waals surface area (Å²) >= 11 is 0. The zero-order valence-corrected chi connectivity index (χ0v) is 8.72. The third-order valence-corrected chi connectivity index (χ3v) is 2.77. The van der Waals surface area contributed by atoms with Gasteiger partial charge in [-0.15, -0.1) is 4.91 Å². The molecule has 1 N–H and O–H groups in total. The van der Waals surface area contributed by atoms with Gasteiger partial charge in [-0.1, -0.05) is 0 Å². The lowest BCUT2D eigenvalue weighted by Gasteiger charge is -2.18. The van der Waals surface area contributed by atoms with Crippen molar-refractivity contribution in [3.05, 3.63) is 28.7 Å². The molecular formula is C11H12N2O3. The summed E-state index contributed by atoms with van der Waals surface area (Å²) in [5.74, 6) is -1.04. The summed E-state index contributed by atoms with van der Waals surface area (Å²) < 4.78 is 0. The normalized spacial score (nSPS) is 15.1. The quantitative estimate of drug-likeness (QED) is 0.794. The molecule has 1 saturated heterocycles. The Morgan fingerprint density at radius 3 is 2.56 bits per heavy atom. The van der Waals surface area contributed by atoms with Gasteiger partial charge in [-0.05, 0) is 36.2 Å². The van der Waals surface area contributed by atoms with Crippen molar-refractivity contribution in [2.75, 3.05) is 18.0 Å². The summed E-state index contributed by atoms with van der Waals surface area (Å²) in [7, 11) is 0. The van der Waals surface area contributed by atoms with Gasteiger partial charge >= 0.3 is 5.97 Å². The van der Waals surface area contributed by atoms with Crippen molar-refractivity contribution in [1.29, 1.82) is 0 Å². The van der Waals surface area contributed by atoms with Gasteiger partial charge < -0.3 is 10.0 Å². The van der Waals surface area contributed by atoms with Crippen LogP contribution in [0.1, 0.15) is 23.2 Å². The van der Waals surface area contributed by atoms with E-state index in [0.717, 1.165) is 31.6 Å².